The number of benzene rings is 2. The third kappa shape index (κ3) is 2.16. The van der Waals surface area contributed by atoms with E-state index in [1.807, 2.05) is 6.07 Å². The minimum Gasteiger partial charge on any atom is -0.277 e. The van der Waals surface area contributed by atoms with Crippen molar-refractivity contribution < 1.29 is 0 Å². The van der Waals surface area contributed by atoms with Crippen LogP contribution < -0.4 is 16.2 Å². The maximum Gasteiger partial charge on any atom is 0.0981 e. The molecule has 3 nitrogen and oxygen atoms in total. The van der Waals surface area contributed by atoms with Gasteiger partial charge < -0.3 is 0 Å². The van der Waals surface area contributed by atoms with Crippen LogP contribution in [-0.4, -0.2) is 0 Å². The Bertz CT molecular complexity index is 524. The molecule has 3 rings (SSSR count). The van der Waals surface area contributed by atoms with E-state index in [0.717, 1.165) is 0 Å². The molecule has 2 atom stereocenters. The lowest BCUT2D eigenvalue weighted by Gasteiger charge is -2.14. The van der Waals surface area contributed by atoms with Crippen LogP contribution in [-0.2, 0) is 0 Å². The summed E-state index contributed by atoms with van der Waals surface area (Å²) in [4.78, 5) is 0. The van der Waals surface area contributed by atoms with E-state index in [1.54, 1.807) is 0 Å². The molecule has 2 unspecified atom stereocenters. The Morgan fingerprint density at radius 3 is 2.22 bits per heavy atom. The summed E-state index contributed by atoms with van der Waals surface area (Å²) < 4.78 is 0. The van der Waals surface area contributed by atoms with Crippen molar-refractivity contribution >= 4 is 0 Å². The van der Waals surface area contributed by atoms with Crippen LogP contribution in [0.1, 0.15) is 29.0 Å². The zero-order valence-electron chi connectivity index (χ0n) is 10.4. The molecule has 0 saturated carbocycles. The van der Waals surface area contributed by atoms with Crippen molar-refractivity contribution in [2.75, 3.05) is 0 Å². The predicted molar refractivity (Wildman–Crippen MR) is 72.5 cm³/mol. The van der Waals surface area contributed by atoms with Gasteiger partial charge in [-0.3, -0.25) is 5.32 Å². The third-order valence-corrected chi connectivity index (χ3v) is 3.34. The molecular formula is C15H17N3. The maximum atomic E-state index is 3.54. The Labute approximate surface area is 107 Å². The molecule has 3 N–H and O–H groups in total. The quantitative estimate of drug-likeness (QED) is 0.753. The molecule has 1 aliphatic rings. The van der Waals surface area contributed by atoms with Crippen LogP contribution in [0.25, 0.3) is 0 Å². The second kappa shape index (κ2) is 4.90. The Morgan fingerprint density at radius 1 is 0.778 bits per heavy atom. The first-order valence-electron chi connectivity index (χ1n) is 6.22. The summed E-state index contributed by atoms with van der Waals surface area (Å²) in [5.41, 5.74) is 10.4. The molecule has 2 aromatic rings. The standard InChI is InChI=1S/C15H17N3/c1-11-7-5-6-10-13(11)15-16-14(17-18-15)12-8-3-2-4-9-12/h2-10,14-18H,1H3. The zero-order valence-corrected chi connectivity index (χ0v) is 10.4. The van der Waals surface area contributed by atoms with Gasteiger partial charge in [0.2, 0.25) is 0 Å². The van der Waals surface area contributed by atoms with E-state index in [2.05, 4.69) is 71.6 Å². The Kier molecular flexibility index (Phi) is 3.11. The van der Waals surface area contributed by atoms with Crippen molar-refractivity contribution in [2.45, 2.75) is 19.3 Å². The first-order chi connectivity index (χ1) is 8.84. The number of nitrogens with one attached hydrogen (secondary N) is 3. The van der Waals surface area contributed by atoms with Gasteiger partial charge in [0.15, 0.2) is 0 Å². The lowest BCUT2D eigenvalue weighted by atomic mass is 10.1. The number of hydrogen-bond donors (Lipinski definition) is 3. The summed E-state index contributed by atoms with van der Waals surface area (Å²) in [5.74, 6) is 0. The third-order valence-electron chi connectivity index (χ3n) is 3.34. The average molecular weight is 239 g/mol. The highest BCUT2D eigenvalue weighted by Crippen LogP contribution is 2.22. The highest BCUT2D eigenvalue weighted by molar-refractivity contribution is 5.30. The fourth-order valence-electron chi connectivity index (χ4n) is 2.32. The first-order valence-corrected chi connectivity index (χ1v) is 6.22. The van der Waals surface area contributed by atoms with E-state index >= 15 is 0 Å². The highest BCUT2D eigenvalue weighted by Gasteiger charge is 2.25. The van der Waals surface area contributed by atoms with Crippen LogP contribution in [0.4, 0.5) is 0 Å². The predicted octanol–water partition coefficient (Wildman–Crippen LogP) is 2.39. The smallest absolute Gasteiger partial charge is 0.0981 e. The molecule has 0 bridgehead atoms. The molecule has 2 aromatic carbocycles. The lowest BCUT2D eigenvalue weighted by molar-refractivity contribution is 0.552. The summed E-state index contributed by atoms with van der Waals surface area (Å²) >= 11 is 0. The monoisotopic (exact) mass is 239 g/mol. The van der Waals surface area contributed by atoms with Gasteiger partial charge in [0.25, 0.3) is 0 Å². The normalized spacial score (nSPS) is 23.2. The van der Waals surface area contributed by atoms with Crippen molar-refractivity contribution in [1.82, 2.24) is 16.2 Å². The van der Waals surface area contributed by atoms with Crippen LogP contribution >= 0.6 is 0 Å². The summed E-state index contributed by atoms with van der Waals surface area (Å²) in [6.45, 7) is 2.13. The van der Waals surface area contributed by atoms with E-state index in [4.69, 9.17) is 0 Å². The second-order valence-electron chi connectivity index (χ2n) is 4.59. The van der Waals surface area contributed by atoms with E-state index in [0.29, 0.717) is 0 Å². The molecule has 1 heterocycles. The van der Waals surface area contributed by atoms with Gasteiger partial charge in [0.05, 0.1) is 12.3 Å². The molecule has 3 heteroatoms. The number of rotatable bonds is 2. The fraction of sp³-hybridized carbons (Fsp3) is 0.200. The first kappa shape index (κ1) is 11.4. The number of hydrazine groups is 1. The fourth-order valence-corrected chi connectivity index (χ4v) is 2.32. The maximum absolute atomic E-state index is 3.54. The summed E-state index contributed by atoms with van der Waals surface area (Å²) in [5, 5.41) is 3.54. The molecule has 0 aliphatic carbocycles. The van der Waals surface area contributed by atoms with E-state index < -0.39 is 0 Å². The van der Waals surface area contributed by atoms with Gasteiger partial charge in [0, 0.05) is 0 Å². The van der Waals surface area contributed by atoms with Gasteiger partial charge in [0.1, 0.15) is 0 Å². The van der Waals surface area contributed by atoms with Gasteiger partial charge in [-0.15, -0.1) is 0 Å². The summed E-state index contributed by atoms with van der Waals surface area (Å²) in [6.07, 6.45) is 0.298. The minimum absolute atomic E-state index is 0.149. The SMILES string of the molecule is Cc1ccccc1C1NNC(c2ccccc2)N1. The van der Waals surface area contributed by atoms with Crippen molar-refractivity contribution in [3.8, 4) is 0 Å². The molecule has 92 valence electrons. The Morgan fingerprint density at radius 2 is 1.44 bits per heavy atom. The second-order valence-corrected chi connectivity index (χ2v) is 4.59. The van der Waals surface area contributed by atoms with Gasteiger partial charge in [-0.2, -0.15) is 0 Å². The van der Waals surface area contributed by atoms with E-state index in [9.17, 15) is 0 Å². The summed E-state index contributed by atoms with van der Waals surface area (Å²) in [6, 6.07) is 18.8. The largest absolute Gasteiger partial charge is 0.277 e. The summed E-state index contributed by atoms with van der Waals surface area (Å²) in [7, 11) is 0. The van der Waals surface area contributed by atoms with Crippen LogP contribution in [0.2, 0.25) is 0 Å². The van der Waals surface area contributed by atoms with Gasteiger partial charge in [-0.05, 0) is 23.6 Å². The van der Waals surface area contributed by atoms with Gasteiger partial charge in [-0.25, -0.2) is 10.9 Å². The Hall–Kier alpha value is -1.68. The highest BCUT2D eigenvalue weighted by atomic mass is 15.5. The molecule has 1 aliphatic heterocycles. The van der Waals surface area contributed by atoms with Crippen LogP contribution in [0.5, 0.6) is 0 Å². The van der Waals surface area contributed by atoms with Crippen molar-refractivity contribution in [3.63, 3.8) is 0 Å². The molecule has 1 fully saturated rings. The molecule has 1 saturated heterocycles. The van der Waals surface area contributed by atoms with Crippen LogP contribution in [0.3, 0.4) is 0 Å². The van der Waals surface area contributed by atoms with Crippen molar-refractivity contribution in [2.24, 2.45) is 0 Å². The molecular weight excluding hydrogens is 222 g/mol. The molecule has 18 heavy (non-hydrogen) atoms. The van der Waals surface area contributed by atoms with Crippen molar-refractivity contribution in [1.29, 1.82) is 0 Å². The lowest BCUT2D eigenvalue weighted by Crippen LogP contribution is -2.26. The Balaban J connectivity index is 1.78. The molecule has 0 spiro atoms. The zero-order chi connectivity index (χ0) is 12.4. The van der Waals surface area contributed by atoms with E-state index in [-0.39, 0.29) is 12.3 Å². The topological polar surface area (TPSA) is 36.1 Å². The minimum atomic E-state index is 0.149. The van der Waals surface area contributed by atoms with E-state index in [1.165, 1.54) is 16.7 Å². The van der Waals surface area contributed by atoms with Crippen LogP contribution in [0, 0.1) is 6.92 Å². The van der Waals surface area contributed by atoms with Crippen LogP contribution in [0.15, 0.2) is 54.6 Å². The molecule has 0 amide bonds. The van der Waals surface area contributed by atoms with Crippen molar-refractivity contribution in [3.05, 3.63) is 71.3 Å². The van der Waals surface area contributed by atoms with Gasteiger partial charge >= 0.3 is 0 Å². The number of aryl methyl sites for hydroxylation is 1. The van der Waals surface area contributed by atoms with Gasteiger partial charge in [-0.1, -0.05) is 54.6 Å². The number of hydrogen-bond acceptors (Lipinski definition) is 3. The average Bonchev–Trinajstić information content (AvgIpc) is 2.90. The molecule has 0 aromatic heterocycles. The molecule has 0 radical (unpaired) electrons.